The zero-order valence-electron chi connectivity index (χ0n) is 13.6. The number of aromatic nitrogens is 1. The van der Waals surface area contributed by atoms with Gasteiger partial charge in [0.05, 0.1) is 0 Å². The van der Waals surface area contributed by atoms with E-state index in [0.717, 1.165) is 30.5 Å². The lowest BCUT2D eigenvalue weighted by molar-refractivity contribution is 0.0943. The van der Waals surface area contributed by atoms with Gasteiger partial charge >= 0.3 is 0 Å². The van der Waals surface area contributed by atoms with Crippen molar-refractivity contribution in [1.82, 2.24) is 15.2 Å². The minimum absolute atomic E-state index is 0.00292. The number of hydrogen-bond donors (Lipinski definition) is 2. The Labute approximate surface area is 131 Å². The number of aryl methyl sites for hydroxylation is 1. The summed E-state index contributed by atoms with van der Waals surface area (Å²) in [5.41, 5.74) is 2.87. The predicted molar refractivity (Wildman–Crippen MR) is 90.2 cm³/mol. The molecule has 0 radical (unpaired) electrons. The van der Waals surface area contributed by atoms with E-state index >= 15 is 0 Å². The standard InChI is InChI=1S/C18H25N3O/c1-12(2)21-7-6-14(11-21)10-19-18(22)17-9-15-5-4-13(3)8-16(15)20-17/h4-5,8-9,12,14,20H,6-7,10-11H2,1-3H3,(H,19,22)/t14-/m1/s1. The van der Waals surface area contributed by atoms with Gasteiger partial charge in [-0.25, -0.2) is 0 Å². The van der Waals surface area contributed by atoms with Crippen LogP contribution in [0.5, 0.6) is 0 Å². The summed E-state index contributed by atoms with van der Waals surface area (Å²) in [5.74, 6) is 0.565. The third kappa shape index (κ3) is 3.17. The van der Waals surface area contributed by atoms with Crippen molar-refractivity contribution in [2.45, 2.75) is 33.2 Å². The first-order chi connectivity index (χ1) is 10.5. The van der Waals surface area contributed by atoms with Gasteiger partial charge in [0.1, 0.15) is 5.69 Å². The number of carbonyl (C=O) groups excluding carboxylic acids is 1. The molecule has 1 aromatic heterocycles. The number of rotatable bonds is 4. The summed E-state index contributed by atoms with van der Waals surface area (Å²) >= 11 is 0. The van der Waals surface area contributed by atoms with Gasteiger partial charge in [-0.05, 0) is 57.4 Å². The van der Waals surface area contributed by atoms with Crippen LogP contribution in [0.3, 0.4) is 0 Å². The molecule has 22 heavy (non-hydrogen) atoms. The summed E-state index contributed by atoms with van der Waals surface area (Å²) < 4.78 is 0. The van der Waals surface area contributed by atoms with E-state index in [1.54, 1.807) is 0 Å². The Hall–Kier alpha value is -1.81. The summed E-state index contributed by atoms with van der Waals surface area (Å²) in [4.78, 5) is 18.0. The van der Waals surface area contributed by atoms with Crippen LogP contribution >= 0.6 is 0 Å². The number of nitrogens with zero attached hydrogens (tertiary/aromatic N) is 1. The second kappa shape index (κ2) is 6.13. The molecule has 0 bridgehead atoms. The molecular formula is C18H25N3O. The maximum atomic E-state index is 12.3. The lowest BCUT2D eigenvalue weighted by Gasteiger charge is -2.20. The van der Waals surface area contributed by atoms with Crippen LogP contribution in [0.4, 0.5) is 0 Å². The number of carbonyl (C=O) groups is 1. The van der Waals surface area contributed by atoms with Crippen LogP contribution in [0.2, 0.25) is 0 Å². The normalized spacial score (nSPS) is 19.2. The Morgan fingerprint density at radius 2 is 2.23 bits per heavy atom. The highest BCUT2D eigenvalue weighted by molar-refractivity contribution is 5.98. The van der Waals surface area contributed by atoms with E-state index in [-0.39, 0.29) is 5.91 Å². The monoisotopic (exact) mass is 299 g/mol. The molecule has 1 atom stereocenters. The molecule has 118 valence electrons. The zero-order valence-corrected chi connectivity index (χ0v) is 13.6. The topological polar surface area (TPSA) is 48.1 Å². The quantitative estimate of drug-likeness (QED) is 0.912. The van der Waals surface area contributed by atoms with E-state index in [1.165, 1.54) is 12.0 Å². The van der Waals surface area contributed by atoms with Crippen LogP contribution < -0.4 is 5.32 Å². The summed E-state index contributed by atoms with van der Waals surface area (Å²) in [7, 11) is 0. The molecular weight excluding hydrogens is 274 g/mol. The molecule has 1 aromatic carbocycles. The number of hydrogen-bond acceptors (Lipinski definition) is 2. The highest BCUT2D eigenvalue weighted by Gasteiger charge is 2.24. The molecule has 1 aliphatic rings. The molecule has 1 amide bonds. The highest BCUT2D eigenvalue weighted by atomic mass is 16.1. The Bertz CT molecular complexity index is 674. The average molecular weight is 299 g/mol. The van der Waals surface area contributed by atoms with Gasteiger partial charge < -0.3 is 15.2 Å². The van der Waals surface area contributed by atoms with E-state index in [9.17, 15) is 4.79 Å². The Balaban J connectivity index is 1.59. The third-order valence-electron chi connectivity index (χ3n) is 4.62. The number of aromatic amines is 1. The summed E-state index contributed by atoms with van der Waals surface area (Å²) in [6.07, 6.45) is 1.17. The number of H-pyrrole nitrogens is 1. The molecule has 0 aliphatic carbocycles. The maximum Gasteiger partial charge on any atom is 0.267 e. The molecule has 2 aromatic rings. The van der Waals surface area contributed by atoms with Crippen LogP contribution in [0.1, 0.15) is 36.3 Å². The van der Waals surface area contributed by atoms with Crippen molar-refractivity contribution in [2.24, 2.45) is 5.92 Å². The van der Waals surface area contributed by atoms with Gasteiger partial charge in [0.25, 0.3) is 5.91 Å². The van der Waals surface area contributed by atoms with Crippen LogP contribution in [0, 0.1) is 12.8 Å². The molecule has 0 saturated carbocycles. The summed E-state index contributed by atoms with van der Waals surface area (Å²) in [6.45, 7) is 9.51. The van der Waals surface area contributed by atoms with E-state index in [0.29, 0.717) is 17.7 Å². The number of amides is 1. The first-order valence-corrected chi connectivity index (χ1v) is 8.14. The average Bonchev–Trinajstić information content (AvgIpc) is 3.10. The van der Waals surface area contributed by atoms with Crippen molar-refractivity contribution in [2.75, 3.05) is 19.6 Å². The number of likely N-dealkylation sites (tertiary alicyclic amines) is 1. The van der Waals surface area contributed by atoms with Crippen LogP contribution in [-0.2, 0) is 0 Å². The van der Waals surface area contributed by atoms with E-state index in [1.807, 2.05) is 6.07 Å². The van der Waals surface area contributed by atoms with E-state index in [2.05, 4.69) is 54.2 Å². The van der Waals surface area contributed by atoms with Crippen LogP contribution in [0.15, 0.2) is 24.3 Å². The second-order valence-corrected chi connectivity index (χ2v) is 6.73. The van der Waals surface area contributed by atoms with Crippen molar-refractivity contribution < 1.29 is 4.79 Å². The SMILES string of the molecule is Cc1ccc2cc(C(=O)NC[C@H]3CCN(C(C)C)C3)[nH]c2c1. The van der Waals surface area contributed by atoms with Gasteiger partial charge in [0, 0.05) is 30.0 Å². The first kappa shape index (κ1) is 15.1. The molecule has 3 rings (SSSR count). The predicted octanol–water partition coefficient (Wildman–Crippen LogP) is 2.94. The van der Waals surface area contributed by atoms with Crippen LogP contribution in [-0.4, -0.2) is 41.5 Å². The smallest absolute Gasteiger partial charge is 0.267 e. The number of fused-ring (bicyclic) bond motifs is 1. The number of nitrogens with one attached hydrogen (secondary N) is 2. The molecule has 1 fully saturated rings. The minimum Gasteiger partial charge on any atom is -0.351 e. The van der Waals surface area contributed by atoms with Crippen molar-refractivity contribution in [1.29, 1.82) is 0 Å². The maximum absolute atomic E-state index is 12.3. The van der Waals surface area contributed by atoms with Gasteiger partial charge in [0.15, 0.2) is 0 Å². The van der Waals surface area contributed by atoms with Gasteiger partial charge in [-0.15, -0.1) is 0 Å². The lowest BCUT2D eigenvalue weighted by atomic mass is 10.1. The molecule has 4 nitrogen and oxygen atoms in total. The fourth-order valence-electron chi connectivity index (χ4n) is 3.19. The van der Waals surface area contributed by atoms with E-state index < -0.39 is 0 Å². The fraction of sp³-hybridized carbons (Fsp3) is 0.500. The zero-order chi connectivity index (χ0) is 15.7. The minimum atomic E-state index is -0.00292. The molecule has 1 saturated heterocycles. The molecule has 1 aliphatic heterocycles. The molecule has 2 heterocycles. The molecule has 2 N–H and O–H groups in total. The summed E-state index contributed by atoms with van der Waals surface area (Å²) in [6, 6.07) is 8.72. The van der Waals surface area contributed by atoms with Crippen LogP contribution in [0.25, 0.3) is 10.9 Å². The third-order valence-corrected chi connectivity index (χ3v) is 4.62. The number of benzene rings is 1. The fourth-order valence-corrected chi connectivity index (χ4v) is 3.19. The van der Waals surface area contributed by atoms with Gasteiger partial charge in [-0.3, -0.25) is 4.79 Å². The van der Waals surface area contributed by atoms with Gasteiger partial charge in [0.2, 0.25) is 0 Å². The molecule has 4 heteroatoms. The Kier molecular flexibility index (Phi) is 4.21. The van der Waals surface area contributed by atoms with Crippen molar-refractivity contribution in [3.8, 4) is 0 Å². The Morgan fingerprint density at radius 3 is 2.95 bits per heavy atom. The van der Waals surface area contributed by atoms with Crippen molar-refractivity contribution >= 4 is 16.8 Å². The van der Waals surface area contributed by atoms with E-state index in [4.69, 9.17) is 0 Å². The second-order valence-electron chi connectivity index (χ2n) is 6.73. The van der Waals surface area contributed by atoms with Gasteiger partial charge in [-0.1, -0.05) is 12.1 Å². The molecule has 0 spiro atoms. The lowest BCUT2D eigenvalue weighted by Crippen LogP contribution is -2.33. The Morgan fingerprint density at radius 1 is 1.41 bits per heavy atom. The van der Waals surface area contributed by atoms with Crippen molar-refractivity contribution in [3.63, 3.8) is 0 Å². The highest BCUT2D eigenvalue weighted by Crippen LogP contribution is 2.19. The largest absolute Gasteiger partial charge is 0.351 e. The first-order valence-electron chi connectivity index (χ1n) is 8.14. The summed E-state index contributed by atoms with van der Waals surface area (Å²) in [5, 5.41) is 4.16. The van der Waals surface area contributed by atoms with Gasteiger partial charge in [-0.2, -0.15) is 0 Å². The molecule has 0 unspecified atom stereocenters. The van der Waals surface area contributed by atoms with Crippen molar-refractivity contribution in [3.05, 3.63) is 35.5 Å².